The van der Waals surface area contributed by atoms with E-state index in [1.165, 1.54) is 11.1 Å². The number of carbonyl (C=O) groups excluding carboxylic acids is 2. The molecule has 0 aliphatic carbocycles. The summed E-state index contributed by atoms with van der Waals surface area (Å²) in [7, 11) is -1.03. The number of rotatable bonds is 4. The van der Waals surface area contributed by atoms with Crippen LogP contribution in [-0.4, -0.2) is 39.5 Å². The zero-order chi connectivity index (χ0) is 18.0. The van der Waals surface area contributed by atoms with Gasteiger partial charge in [0.25, 0.3) is 5.91 Å². The molecule has 0 spiro atoms. The lowest BCUT2D eigenvalue weighted by atomic mass is 10.1. The van der Waals surface area contributed by atoms with E-state index in [-0.39, 0.29) is 11.5 Å². The number of primary amides is 1. The van der Waals surface area contributed by atoms with Crippen molar-refractivity contribution in [2.24, 2.45) is 10.8 Å². The molecule has 2 aromatic rings. The van der Waals surface area contributed by atoms with Crippen LogP contribution in [0.25, 0.3) is 0 Å². The van der Waals surface area contributed by atoms with E-state index in [0.29, 0.717) is 18.5 Å². The Morgan fingerprint density at radius 1 is 1.12 bits per heavy atom. The molecule has 0 bridgehead atoms. The maximum Gasteiger partial charge on any atom is 0.273 e. The summed E-state index contributed by atoms with van der Waals surface area (Å²) in [6, 6.07) is 13.6. The van der Waals surface area contributed by atoms with E-state index in [9.17, 15) is 13.8 Å². The molecule has 25 heavy (non-hydrogen) atoms. The first-order chi connectivity index (χ1) is 12.0. The van der Waals surface area contributed by atoms with Gasteiger partial charge in [0, 0.05) is 39.5 Å². The molecular weight excluding hydrogens is 338 g/mol. The van der Waals surface area contributed by atoms with Gasteiger partial charge in [-0.15, -0.1) is 0 Å². The predicted molar refractivity (Wildman–Crippen MR) is 95.9 cm³/mol. The van der Waals surface area contributed by atoms with E-state index >= 15 is 0 Å². The third-order valence-corrected chi connectivity index (χ3v) is 4.89. The van der Waals surface area contributed by atoms with E-state index in [1.54, 1.807) is 36.6 Å². The minimum absolute atomic E-state index is 0.274. The standard InChI is InChI=1S/C18H17N3O3S/c1-25(24)15-7-5-12(6-8-15)16-9-10-21(20-16)18(23)14-4-2-3-13(11-14)17(19)22/h2-8,11H,9-10H2,1H3,(H2,19,22). The fourth-order valence-corrected chi connectivity index (χ4v) is 3.12. The second-order valence-corrected chi connectivity index (χ2v) is 7.03. The van der Waals surface area contributed by atoms with Gasteiger partial charge in [-0.2, -0.15) is 5.10 Å². The summed E-state index contributed by atoms with van der Waals surface area (Å²) in [6.45, 7) is 0.469. The summed E-state index contributed by atoms with van der Waals surface area (Å²) < 4.78 is 11.4. The molecule has 1 heterocycles. The Balaban J connectivity index is 1.81. The van der Waals surface area contributed by atoms with Crippen LogP contribution in [0.2, 0.25) is 0 Å². The Morgan fingerprint density at radius 2 is 1.80 bits per heavy atom. The Hall–Kier alpha value is -2.80. The van der Waals surface area contributed by atoms with E-state index in [2.05, 4.69) is 5.10 Å². The number of hydrazone groups is 1. The summed E-state index contributed by atoms with van der Waals surface area (Å²) >= 11 is 0. The van der Waals surface area contributed by atoms with Crippen LogP contribution in [0.3, 0.4) is 0 Å². The van der Waals surface area contributed by atoms with Gasteiger partial charge in [-0.1, -0.05) is 18.2 Å². The molecule has 128 valence electrons. The Labute approximate surface area is 147 Å². The van der Waals surface area contributed by atoms with Gasteiger partial charge >= 0.3 is 0 Å². The van der Waals surface area contributed by atoms with Crippen LogP contribution in [0.15, 0.2) is 58.5 Å². The monoisotopic (exact) mass is 355 g/mol. The third kappa shape index (κ3) is 3.66. The molecule has 2 aromatic carbocycles. The normalized spacial score (nSPS) is 14.9. The van der Waals surface area contributed by atoms with Crippen molar-refractivity contribution in [2.45, 2.75) is 11.3 Å². The molecule has 1 aliphatic heterocycles. The van der Waals surface area contributed by atoms with Crippen molar-refractivity contribution in [1.29, 1.82) is 0 Å². The Morgan fingerprint density at radius 3 is 2.44 bits per heavy atom. The number of carbonyl (C=O) groups is 2. The number of hydrogen-bond donors (Lipinski definition) is 1. The summed E-state index contributed by atoms with van der Waals surface area (Å²) in [4.78, 5) is 24.6. The second kappa shape index (κ2) is 6.98. The molecule has 3 rings (SSSR count). The molecular formula is C18H17N3O3S. The summed E-state index contributed by atoms with van der Waals surface area (Å²) in [6.07, 6.45) is 2.26. The highest BCUT2D eigenvalue weighted by atomic mass is 32.2. The van der Waals surface area contributed by atoms with Crippen LogP contribution in [0.1, 0.15) is 32.7 Å². The van der Waals surface area contributed by atoms with Crippen molar-refractivity contribution >= 4 is 28.3 Å². The number of benzene rings is 2. The first kappa shape index (κ1) is 17.0. The minimum atomic E-state index is -1.03. The smallest absolute Gasteiger partial charge is 0.273 e. The highest BCUT2D eigenvalue weighted by molar-refractivity contribution is 7.84. The van der Waals surface area contributed by atoms with Crippen molar-refractivity contribution in [2.75, 3.05) is 12.8 Å². The van der Waals surface area contributed by atoms with Gasteiger partial charge in [-0.05, 0) is 35.9 Å². The average Bonchev–Trinajstić information content (AvgIpc) is 3.11. The summed E-state index contributed by atoms with van der Waals surface area (Å²) in [5.74, 6) is -0.849. The topological polar surface area (TPSA) is 92.8 Å². The number of hydrogen-bond acceptors (Lipinski definition) is 4. The minimum Gasteiger partial charge on any atom is -0.366 e. The number of nitrogens with zero attached hydrogens (tertiary/aromatic N) is 2. The molecule has 0 saturated carbocycles. The largest absolute Gasteiger partial charge is 0.366 e. The first-order valence-corrected chi connectivity index (χ1v) is 9.24. The Kier molecular flexibility index (Phi) is 4.76. The lowest BCUT2D eigenvalue weighted by Crippen LogP contribution is -2.24. The third-order valence-electron chi connectivity index (χ3n) is 3.95. The van der Waals surface area contributed by atoms with Crippen molar-refractivity contribution in [3.63, 3.8) is 0 Å². The highest BCUT2D eigenvalue weighted by Crippen LogP contribution is 2.18. The maximum absolute atomic E-state index is 12.6. The van der Waals surface area contributed by atoms with Gasteiger partial charge in [0.2, 0.25) is 5.91 Å². The van der Waals surface area contributed by atoms with Crippen LogP contribution < -0.4 is 5.73 Å². The molecule has 1 aliphatic rings. The van der Waals surface area contributed by atoms with Crippen LogP contribution in [0, 0.1) is 0 Å². The van der Waals surface area contributed by atoms with Gasteiger partial charge < -0.3 is 5.73 Å². The molecule has 1 unspecified atom stereocenters. The van der Waals surface area contributed by atoms with E-state index < -0.39 is 16.7 Å². The number of nitrogens with two attached hydrogens (primary N) is 1. The molecule has 0 aromatic heterocycles. The zero-order valence-electron chi connectivity index (χ0n) is 13.6. The van der Waals surface area contributed by atoms with Crippen molar-refractivity contribution < 1.29 is 13.8 Å². The predicted octanol–water partition coefficient (Wildman–Crippen LogP) is 1.77. The molecule has 6 nitrogen and oxygen atoms in total. The fraction of sp³-hybridized carbons (Fsp3) is 0.167. The fourth-order valence-electron chi connectivity index (χ4n) is 2.60. The van der Waals surface area contributed by atoms with Crippen LogP contribution in [-0.2, 0) is 10.8 Å². The van der Waals surface area contributed by atoms with E-state index in [0.717, 1.165) is 16.2 Å². The van der Waals surface area contributed by atoms with Crippen LogP contribution in [0.4, 0.5) is 0 Å². The van der Waals surface area contributed by atoms with Crippen LogP contribution in [0.5, 0.6) is 0 Å². The average molecular weight is 355 g/mol. The summed E-state index contributed by atoms with van der Waals surface area (Å²) in [5, 5.41) is 5.78. The van der Waals surface area contributed by atoms with Crippen LogP contribution >= 0.6 is 0 Å². The molecule has 2 N–H and O–H groups in total. The SMILES string of the molecule is CS(=O)c1ccc(C2=NN(C(=O)c3cccc(C(N)=O)c3)CC2)cc1. The number of amides is 2. The van der Waals surface area contributed by atoms with Crippen molar-refractivity contribution in [3.05, 3.63) is 65.2 Å². The highest BCUT2D eigenvalue weighted by Gasteiger charge is 2.23. The first-order valence-electron chi connectivity index (χ1n) is 7.69. The van der Waals surface area contributed by atoms with Gasteiger partial charge in [-0.3, -0.25) is 13.8 Å². The quantitative estimate of drug-likeness (QED) is 0.906. The summed E-state index contributed by atoms with van der Waals surface area (Å²) in [5.41, 5.74) is 7.61. The van der Waals surface area contributed by atoms with Gasteiger partial charge in [0.15, 0.2) is 0 Å². The van der Waals surface area contributed by atoms with Crippen molar-refractivity contribution in [3.8, 4) is 0 Å². The molecule has 0 fully saturated rings. The van der Waals surface area contributed by atoms with Gasteiger partial charge in [0.1, 0.15) is 0 Å². The maximum atomic E-state index is 12.6. The lowest BCUT2D eigenvalue weighted by molar-refractivity contribution is 0.0778. The van der Waals surface area contributed by atoms with E-state index in [4.69, 9.17) is 5.73 Å². The van der Waals surface area contributed by atoms with Gasteiger partial charge in [0.05, 0.1) is 12.3 Å². The van der Waals surface area contributed by atoms with E-state index in [1.807, 2.05) is 12.1 Å². The zero-order valence-corrected chi connectivity index (χ0v) is 14.5. The molecule has 0 radical (unpaired) electrons. The Bertz CT molecular complexity index is 891. The molecule has 0 saturated heterocycles. The molecule has 2 amide bonds. The molecule has 1 atom stereocenters. The van der Waals surface area contributed by atoms with Gasteiger partial charge in [-0.25, -0.2) is 5.01 Å². The molecule has 7 heteroatoms. The lowest BCUT2D eigenvalue weighted by Gasteiger charge is -2.11. The second-order valence-electron chi connectivity index (χ2n) is 5.65. The van der Waals surface area contributed by atoms with Crippen molar-refractivity contribution in [1.82, 2.24) is 5.01 Å².